The summed E-state index contributed by atoms with van der Waals surface area (Å²) in [5.74, 6) is -1.47. The SMILES string of the molecule is O=C(C[C@H](c1ccccc1)[C@@]1(Cc2ccccc2)N=C(c2ccccc2)OC1=O)c1ccc(F)cc1. The lowest BCUT2D eigenvalue weighted by Gasteiger charge is -2.32. The van der Waals surface area contributed by atoms with Crippen LogP contribution in [0.1, 0.15) is 39.4 Å². The zero-order valence-electron chi connectivity index (χ0n) is 19.5. The van der Waals surface area contributed by atoms with Crippen molar-refractivity contribution in [3.63, 3.8) is 0 Å². The first-order valence-corrected chi connectivity index (χ1v) is 11.8. The first kappa shape index (κ1) is 23.4. The Labute approximate surface area is 209 Å². The fourth-order valence-electron chi connectivity index (χ4n) is 4.68. The normalized spacial score (nSPS) is 17.8. The number of ketones is 1. The number of aliphatic imine (C=N–C) groups is 1. The summed E-state index contributed by atoms with van der Waals surface area (Å²) in [4.78, 5) is 32.1. The number of benzene rings is 4. The number of carbonyl (C=O) groups is 2. The Bertz CT molecular complexity index is 1390. The van der Waals surface area contributed by atoms with E-state index < -0.39 is 23.2 Å². The maximum atomic E-state index is 13.8. The highest BCUT2D eigenvalue weighted by Gasteiger charge is 2.53. The second-order valence-electron chi connectivity index (χ2n) is 8.86. The summed E-state index contributed by atoms with van der Waals surface area (Å²) in [5, 5.41) is 0. The van der Waals surface area contributed by atoms with Crippen LogP contribution < -0.4 is 0 Å². The van der Waals surface area contributed by atoms with E-state index in [1.807, 2.05) is 91.0 Å². The molecule has 5 rings (SSSR count). The molecule has 0 aromatic heterocycles. The van der Waals surface area contributed by atoms with Crippen molar-refractivity contribution in [1.29, 1.82) is 0 Å². The predicted octanol–water partition coefficient (Wildman–Crippen LogP) is 6.17. The second-order valence-corrected chi connectivity index (χ2v) is 8.86. The van der Waals surface area contributed by atoms with Crippen LogP contribution in [0.15, 0.2) is 120 Å². The molecule has 0 spiro atoms. The van der Waals surface area contributed by atoms with Crippen LogP contribution in [0.3, 0.4) is 0 Å². The number of ether oxygens (including phenoxy) is 1. The van der Waals surface area contributed by atoms with E-state index in [1.54, 1.807) is 0 Å². The fraction of sp³-hybridized carbons (Fsp3) is 0.129. The smallest absolute Gasteiger partial charge is 0.341 e. The monoisotopic (exact) mass is 477 g/mol. The van der Waals surface area contributed by atoms with E-state index in [9.17, 15) is 14.0 Å². The Kier molecular flexibility index (Phi) is 6.54. The van der Waals surface area contributed by atoms with Gasteiger partial charge in [-0.3, -0.25) is 4.79 Å². The van der Waals surface area contributed by atoms with Gasteiger partial charge in [0.25, 0.3) is 0 Å². The van der Waals surface area contributed by atoms with Crippen molar-refractivity contribution in [3.8, 4) is 0 Å². The first-order valence-electron chi connectivity index (χ1n) is 11.8. The third-order valence-corrected chi connectivity index (χ3v) is 6.52. The molecule has 0 bridgehead atoms. The second kappa shape index (κ2) is 10.1. The van der Waals surface area contributed by atoms with Crippen LogP contribution in [0, 0.1) is 5.82 Å². The highest BCUT2D eigenvalue weighted by molar-refractivity contribution is 6.09. The topological polar surface area (TPSA) is 55.7 Å². The molecular formula is C31H24FNO3. The van der Waals surface area contributed by atoms with E-state index >= 15 is 0 Å². The molecule has 4 aromatic rings. The first-order chi connectivity index (χ1) is 17.5. The summed E-state index contributed by atoms with van der Waals surface area (Å²) in [5.41, 5.74) is 1.42. The van der Waals surface area contributed by atoms with Crippen LogP contribution in [0.4, 0.5) is 4.39 Å². The summed E-state index contributed by atoms with van der Waals surface area (Å²) in [6.45, 7) is 0. The van der Waals surface area contributed by atoms with Crippen molar-refractivity contribution in [1.82, 2.24) is 0 Å². The van der Waals surface area contributed by atoms with Gasteiger partial charge in [0.2, 0.25) is 5.90 Å². The standard InChI is InChI=1S/C31H24FNO3/c32-26-18-16-24(17-19-26)28(34)20-27(23-12-6-2-7-13-23)31(21-22-10-4-1-5-11-22)30(35)36-29(33-31)25-14-8-3-9-15-25/h1-19,27H,20-21H2/t27-,31-/m1/s1. The number of cyclic esters (lactones) is 1. The number of esters is 1. The van der Waals surface area contributed by atoms with Crippen LogP contribution in [-0.4, -0.2) is 23.2 Å². The molecule has 36 heavy (non-hydrogen) atoms. The number of halogens is 1. The van der Waals surface area contributed by atoms with Crippen molar-refractivity contribution >= 4 is 17.7 Å². The van der Waals surface area contributed by atoms with E-state index in [4.69, 9.17) is 9.73 Å². The van der Waals surface area contributed by atoms with Gasteiger partial charge in [0, 0.05) is 29.9 Å². The van der Waals surface area contributed by atoms with Gasteiger partial charge in [-0.25, -0.2) is 14.2 Å². The molecule has 0 unspecified atom stereocenters. The van der Waals surface area contributed by atoms with Gasteiger partial charge in [-0.05, 0) is 47.5 Å². The summed E-state index contributed by atoms with van der Waals surface area (Å²) >= 11 is 0. The van der Waals surface area contributed by atoms with Crippen molar-refractivity contribution < 1.29 is 18.7 Å². The lowest BCUT2D eigenvalue weighted by atomic mass is 9.73. The predicted molar refractivity (Wildman–Crippen MR) is 136 cm³/mol. The van der Waals surface area contributed by atoms with E-state index in [2.05, 4.69) is 0 Å². The largest absolute Gasteiger partial charge is 0.405 e. The minimum Gasteiger partial charge on any atom is -0.405 e. The molecule has 0 N–H and O–H groups in total. The number of Topliss-reactive ketones (excluding diaryl/α,β-unsaturated/α-hetero) is 1. The van der Waals surface area contributed by atoms with E-state index in [1.165, 1.54) is 24.3 Å². The minimum absolute atomic E-state index is 0.00312. The van der Waals surface area contributed by atoms with E-state index in [0.29, 0.717) is 11.1 Å². The van der Waals surface area contributed by atoms with Gasteiger partial charge >= 0.3 is 5.97 Å². The summed E-state index contributed by atoms with van der Waals surface area (Å²) in [7, 11) is 0. The zero-order valence-corrected chi connectivity index (χ0v) is 19.5. The molecule has 5 heteroatoms. The Morgan fingerprint density at radius 1 is 0.806 bits per heavy atom. The number of nitrogens with zero attached hydrogens (tertiary/aromatic N) is 1. The highest BCUT2D eigenvalue weighted by atomic mass is 19.1. The molecule has 0 saturated heterocycles. The van der Waals surface area contributed by atoms with Crippen LogP contribution in [-0.2, 0) is 16.0 Å². The molecule has 1 heterocycles. The maximum Gasteiger partial charge on any atom is 0.341 e. The van der Waals surface area contributed by atoms with Crippen molar-refractivity contribution in [2.75, 3.05) is 0 Å². The average molecular weight is 478 g/mol. The van der Waals surface area contributed by atoms with Gasteiger partial charge in [-0.15, -0.1) is 0 Å². The highest BCUT2D eigenvalue weighted by Crippen LogP contribution is 2.42. The number of carbonyl (C=O) groups excluding carboxylic acids is 2. The van der Waals surface area contributed by atoms with Crippen molar-refractivity contribution in [2.45, 2.75) is 24.3 Å². The van der Waals surface area contributed by atoms with Gasteiger partial charge in [-0.1, -0.05) is 78.9 Å². The quantitative estimate of drug-likeness (QED) is 0.225. The molecule has 1 aliphatic rings. The molecule has 4 nitrogen and oxygen atoms in total. The number of hydrogen-bond donors (Lipinski definition) is 0. The van der Waals surface area contributed by atoms with Gasteiger partial charge in [0.15, 0.2) is 11.3 Å². The molecule has 0 radical (unpaired) electrons. The molecule has 2 atom stereocenters. The summed E-state index contributed by atoms with van der Waals surface area (Å²) in [6, 6.07) is 33.8. The van der Waals surface area contributed by atoms with Crippen molar-refractivity contribution in [2.24, 2.45) is 4.99 Å². The van der Waals surface area contributed by atoms with Gasteiger partial charge in [0.1, 0.15) is 5.82 Å². The Morgan fingerprint density at radius 2 is 1.39 bits per heavy atom. The molecular weight excluding hydrogens is 453 g/mol. The summed E-state index contributed by atoms with van der Waals surface area (Å²) in [6.07, 6.45) is 0.266. The average Bonchev–Trinajstić information content (AvgIpc) is 3.25. The lowest BCUT2D eigenvalue weighted by Crippen LogP contribution is -2.43. The molecule has 0 saturated carbocycles. The zero-order chi connectivity index (χ0) is 25.0. The fourth-order valence-corrected chi connectivity index (χ4v) is 4.68. The molecule has 1 aliphatic heterocycles. The molecule has 4 aromatic carbocycles. The molecule has 0 fully saturated rings. The van der Waals surface area contributed by atoms with E-state index in [-0.39, 0.29) is 24.5 Å². The number of hydrogen-bond acceptors (Lipinski definition) is 4. The Morgan fingerprint density at radius 3 is 2.03 bits per heavy atom. The van der Waals surface area contributed by atoms with Crippen LogP contribution in [0.2, 0.25) is 0 Å². The Hall–Kier alpha value is -4.38. The molecule has 0 amide bonds. The summed E-state index contributed by atoms with van der Waals surface area (Å²) < 4.78 is 19.3. The van der Waals surface area contributed by atoms with Crippen molar-refractivity contribution in [3.05, 3.63) is 143 Å². The number of rotatable bonds is 8. The Balaban J connectivity index is 1.64. The maximum absolute atomic E-state index is 13.8. The molecule has 178 valence electrons. The van der Waals surface area contributed by atoms with Crippen LogP contribution in [0.25, 0.3) is 0 Å². The van der Waals surface area contributed by atoms with Gasteiger partial charge < -0.3 is 4.74 Å². The van der Waals surface area contributed by atoms with Crippen LogP contribution in [0.5, 0.6) is 0 Å². The van der Waals surface area contributed by atoms with Gasteiger partial charge in [0.05, 0.1) is 0 Å². The third-order valence-electron chi connectivity index (χ3n) is 6.52. The van der Waals surface area contributed by atoms with Crippen LogP contribution >= 0.6 is 0 Å². The lowest BCUT2D eigenvalue weighted by molar-refractivity contribution is -0.139. The molecule has 0 aliphatic carbocycles. The minimum atomic E-state index is -1.36. The van der Waals surface area contributed by atoms with E-state index in [0.717, 1.165) is 11.1 Å². The third kappa shape index (κ3) is 4.73. The van der Waals surface area contributed by atoms with Gasteiger partial charge in [-0.2, -0.15) is 0 Å².